The summed E-state index contributed by atoms with van der Waals surface area (Å²) < 4.78 is 23.8. The number of hydrogen-bond donors (Lipinski definition) is 0. The zero-order valence-electron chi connectivity index (χ0n) is 12.6. The number of carbonyl (C=O) groups is 1. The van der Waals surface area contributed by atoms with Gasteiger partial charge in [-0.05, 0) is 31.2 Å². The van der Waals surface area contributed by atoms with Crippen LogP contribution in [0.15, 0.2) is 34.1 Å². The molecule has 0 atom stereocenters. The van der Waals surface area contributed by atoms with Crippen LogP contribution in [0.1, 0.15) is 23.3 Å². The normalized spacial score (nSPS) is 10.8. The molecule has 1 aromatic carbocycles. The molecule has 0 unspecified atom stereocenters. The Morgan fingerprint density at radius 3 is 2.75 bits per heavy atom. The minimum atomic E-state index is -0.483. The molecule has 0 fully saturated rings. The molecule has 0 saturated carbocycles. The van der Waals surface area contributed by atoms with Crippen molar-refractivity contribution in [3.63, 3.8) is 0 Å². The summed E-state index contributed by atoms with van der Waals surface area (Å²) in [5.74, 6) is 0.0979. The number of ether oxygens (including phenoxy) is 1. The number of carbonyl (C=O) groups excluding carboxylic acids is 1. The van der Waals surface area contributed by atoms with Gasteiger partial charge in [-0.3, -0.25) is 0 Å². The highest BCUT2D eigenvalue weighted by Crippen LogP contribution is 2.35. The molecule has 3 aromatic rings. The quantitative estimate of drug-likeness (QED) is 0.451. The first kappa shape index (κ1) is 16.8. The fourth-order valence-electron chi connectivity index (χ4n) is 2.05. The molecular formula is C16H12BrFN2O3S. The second kappa shape index (κ2) is 7.23. The van der Waals surface area contributed by atoms with Gasteiger partial charge in [-0.1, -0.05) is 15.9 Å². The van der Waals surface area contributed by atoms with Gasteiger partial charge in [-0.2, -0.15) is 0 Å². The predicted molar refractivity (Wildman–Crippen MR) is 91.6 cm³/mol. The Labute approximate surface area is 149 Å². The summed E-state index contributed by atoms with van der Waals surface area (Å²) in [7, 11) is 0. The van der Waals surface area contributed by atoms with E-state index < -0.39 is 5.97 Å². The van der Waals surface area contributed by atoms with Crippen molar-refractivity contribution in [3.8, 4) is 22.0 Å². The molecule has 0 bridgehead atoms. The Morgan fingerprint density at radius 2 is 2.08 bits per heavy atom. The first-order valence-electron chi connectivity index (χ1n) is 7.07. The molecule has 5 nitrogen and oxygen atoms in total. The van der Waals surface area contributed by atoms with E-state index >= 15 is 0 Å². The predicted octanol–water partition coefficient (Wildman–Crippen LogP) is 4.68. The maximum atomic E-state index is 13.1. The standard InChI is InChI=1S/C16H12BrFN2O3S/c1-2-22-16(21)11-8-24-15(19-11)14-13(20-12(7-17)23-14)9-3-5-10(18)6-4-9/h3-6,8H,2,7H2,1H3. The van der Waals surface area contributed by atoms with E-state index in [2.05, 4.69) is 25.9 Å². The Kier molecular flexibility index (Phi) is 5.06. The maximum absolute atomic E-state index is 13.1. The smallest absolute Gasteiger partial charge is 0.357 e. The van der Waals surface area contributed by atoms with Gasteiger partial charge in [-0.15, -0.1) is 11.3 Å². The zero-order valence-corrected chi connectivity index (χ0v) is 15.0. The molecule has 3 rings (SSSR count). The molecule has 0 aliphatic rings. The number of benzene rings is 1. The lowest BCUT2D eigenvalue weighted by molar-refractivity contribution is 0.0520. The van der Waals surface area contributed by atoms with Crippen LogP contribution in [0.4, 0.5) is 4.39 Å². The number of esters is 1. The van der Waals surface area contributed by atoms with E-state index in [4.69, 9.17) is 9.15 Å². The molecule has 124 valence electrons. The van der Waals surface area contributed by atoms with E-state index in [0.717, 1.165) is 0 Å². The summed E-state index contributed by atoms with van der Waals surface area (Å²) in [6.45, 7) is 2.01. The van der Waals surface area contributed by atoms with Gasteiger partial charge in [0.05, 0.1) is 11.9 Å². The molecule has 0 aliphatic heterocycles. The third-order valence-electron chi connectivity index (χ3n) is 3.09. The van der Waals surface area contributed by atoms with E-state index in [1.807, 2.05) is 0 Å². The Bertz CT molecular complexity index is 861. The molecule has 2 heterocycles. The average molecular weight is 411 g/mol. The van der Waals surface area contributed by atoms with E-state index in [1.54, 1.807) is 24.4 Å². The van der Waals surface area contributed by atoms with E-state index in [9.17, 15) is 9.18 Å². The molecule has 0 spiro atoms. The molecule has 0 radical (unpaired) electrons. The van der Waals surface area contributed by atoms with Crippen LogP contribution in [0.3, 0.4) is 0 Å². The minimum Gasteiger partial charge on any atom is -0.461 e. The highest BCUT2D eigenvalue weighted by Gasteiger charge is 2.21. The third kappa shape index (κ3) is 3.39. The van der Waals surface area contributed by atoms with E-state index in [1.165, 1.54) is 23.5 Å². The average Bonchev–Trinajstić information content (AvgIpc) is 3.22. The third-order valence-corrected chi connectivity index (χ3v) is 4.41. The first-order valence-corrected chi connectivity index (χ1v) is 9.07. The lowest BCUT2D eigenvalue weighted by Crippen LogP contribution is -2.04. The summed E-state index contributed by atoms with van der Waals surface area (Å²) in [6.07, 6.45) is 0. The van der Waals surface area contributed by atoms with Crippen molar-refractivity contribution in [3.05, 3.63) is 47.0 Å². The number of alkyl halides is 1. The maximum Gasteiger partial charge on any atom is 0.357 e. The van der Waals surface area contributed by atoms with Gasteiger partial charge in [0.15, 0.2) is 16.5 Å². The fourth-order valence-corrected chi connectivity index (χ4v) is 3.06. The Hall–Kier alpha value is -2.06. The molecule has 0 aliphatic carbocycles. The Morgan fingerprint density at radius 1 is 1.33 bits per heavy atom. The summed E-state index contributed by atoms with van der Waals surface area (Å²) in [5, 5.41) is 2.55. The van der Waals surface area contributed by atoms with Crippen molar-refractivity contribution in [1.82, 2.24) is 9.97 Å². The number of nitrogens with zero attached hydrogens (tertiary/aromatic N) is 2. The van der Waals surface area contributed by atoms with Crippen LogP contribution in [0, 0.1) is 5.82 Å². The van der Waals surface area contributed by atoms with Crippen LogP contribution in [0.2, 0.25) is 0 Å². The van der Waals surface area contributed by atoms with Crippen molar-refractivity contribution in [2.75, 3.05) is 6.61 Å². The second-order valence-corrected chi connectivity index (χ2v) is 6.10. The van der Waals surface area contributed by atoms with Crippen molar-refractivity contribution in [1.29, 1.82) is 0 Å². The summed E-state index contributed by atoms with van der Waals surface area (Å²) >= 11 is 4.56. The molecule has 0 N–H and O–H groups in total. The number of hydrogen-bond acceptors (Lipinski definition) is 6. The van der Waals surface area contributed by atoms with Gasteiger partial charge in [-0.25, -0.2) is 19.2 Å². The van der Waals surface area contributed by atoms with Gasteiger partial charge in [0.2, 0.25) is 5.89 Å². The van der Waals surface area contributed by atoms with Crippen LogP contribution in [-0.4, -0.2) is 22.5 Å². The zero-order chi connectivity index (χ0) is 17.1. The van der Waals surface area contributed by atoms with Crippen LogP contribution < -0.4 is 0 Å². The summed E-state index contributed by atoms with van der Waals surface area (Å²) in [4.78, 5) is 20.5. The lowest BCUT2D eigenvalue weighted by atomic mass is 10.1. The van der Waals surface area contributed by atoms with Crippen molar-refractivity contribution in [2.24, 2.45) is 0 Å². The SMILES string of the molecule is CCOC(=O)c1csc(-c2oc(CBr)nc2-c2ccc(F)cc2)n1. The second-order valence-electron chi connectivity index (χ2n) is 4.68. The fraction of sp³-hybridized carbons (Fsp3) is 0.188. The molecule has 2 aromatic heterocycles. The minimum absolute atomic E-state index is 0.221. The molecular weight excluding hydrogens is 399 g/mol. The van der Waals surface area contributed by atoms with Gasteiger partial charge < -0.3 is 9.15 Å². The highest BCUT2D eigenvalue weighted by atomic mass is 79.9. The van der Waals surface area contributed by atoms with Crippen molar-refractivity contribution >= 4 is 33.2 Å². The van der Waals surface area contributed by atoms with Crippen LogP contribution in [-0.2, 0) is 10.1 Å². The monoisotopic (exact) mass is 410 g/mol. The van der Waals surface area contributed by atoms with Gasteiger partial charge in [0.1, 0.15) is 11.5 Å². The summed E-state index contributed by atoms with van der Waals surface area (Å²) in [6, 6.07) is 5.95. The van der Waals surface area contributed by atoms with Crippen LogP contribution >= 0.6 is 27.3 Å². The van der Waals surface area contributed by atoms with Gasteiger partial charge >= 0.3 is 5.97 Å². The van der Waals surface area contributed by atoms with E-state index in [0.29, 0.717) is 33.2 Å². The lowest BCUT2D eigenvalue weighted by Gasteiger charge is -1.99. The molecule has 0 amide bonds. The van der Waals surface area contributed by atoms with Gasteiger partial charge in [0, 0.05) is 10.9 Å². The molecule has 0 saturated heterocycles. The molecule has 8 heteroatoms. The van der Waals surface area contributed by atoms with Gasteiger partial charge in [0.25, 0.3) is 0 Å². The summed E-state index contributed by atoms with van der Waals surface area (Å²) in [5.41, 5.74) is 1.48. The van der Waals surface area contributed by atoms with Crippen LogP contribution in [0.25, 0.3) is 22.0 Å². The molecule has 24 heavy (non-hydrogen) atoms. The number of halogens is 2. The van der Waals surface area contributed by atoms with E-state index in [-0.39, 0.29) is 18.1 Å². The first-order chi connectivity index (χ1) is 11.6. The highest BCUT2D eigenvalue weighted by molar-refractivity contribution is 9.08. The number of rotatable bonds is 5. The van der Waals surface area contributed by atoms with Crippen molar-refractivity contribution in [2.45, 2.75) is 12.3 Å². The van der Waals surface area contributed by atoms with Crippen molar-refractivity contribution < 1.29 is 18.3 Å². The number of aromatic nitrogens is 2. The topological polar surface area (TPSA) is 65.2 Å². The van der Waals surface area contributed by atoms with Crippen LogP contribution in [0.5, 0.6) is 0 Å². The number of thiazole rings is 1. The number of oxazole rings is 1. The Balaban J connectivity index is 2.03. The largest absolute Gasteiger partial charge is 0.461 e.